The van der Waals surface area contributed by atoms with Crippen LogP contribution in [0.4, 0.5) is 15.8 Å². The first-order chi connectivity index (χ1) is 14.5. The van der Waals surface area contributed by atoms with E-state index in [0.717, 1.165) is 17.7 Å². The molecule has 6 rings (SSSR count). The molecule has 2 aromatic rings. The highest BCUT2D eigenvalue weighted by Gasteiger charge is 2.78. The molecule has 2 N–H and O–H groups in total. The molecule has 0 radical (unpaired) electrons. The number of benzene rings is 2. The summed E-state index contributed by atoms with van der Waals surface area (Å²) in [6.07, 6.45) is 1.62. The fourth-order valence-corrected chi connectivity index (χ4v) is 6.76. The van der Waals surface area contributed by atoms with Crippen molar-refractivity contribution in [3.63, 3.8) is 0 Å². The zero-order valence-corrected chi connectivity index (χ0v) is 17.4. The molecule has 0 aliphatic carbocycles. The van der Waals surface area contributed by atoms with E-state index in [4.69, 9.17) is 0 Å². The van der Waals surface area contributed by atoms with Gasteiger partial charge in [0.1, 0.15) is 23.7 Å². The van der Waals surface area contributed by atoms with E-state index in [1.807, 2.05) is 6.07 Å². The fraction of sp³-hybridized carbons (Fsp3) is 0.318. The number of rotatable bonds is 1. The van der Waals surface area contributed by atoms with Gasteiger partial charge in [0.15, 0.2) is 0 Å². The Morgan fingerprint density at radius 3 is 2.73 bits per heavy atom. The first-order valence-corrected chi connectivity index (χ1v) is 10.9. The van der Waals surface area contributed by atoms with E-state index in [2.05, 4.69) is 21.2 Å². The van der Waals surface area contributed by atoms with Crippen molar-refractivity contribution in [2.24, 2.45) is 11.8 Å². The van der Waals surface area contributed by atoms with Gasteiger partial charge in [-0.15, -0.1) is 0 Å². The molecule has 0 aromatic heterocycles. The van der Waals surface area contributed by atoms with Gasteiger partial charge in [-0.1, -0.05) is 12.1 Å². The summed E-state index contributed by atoms with van der Waals surface area (Å²) in [5.41, 5.74) is 0.234. The predicted molar refractivity (Wildman–Crippen MR) is 109 cm³/mol. The van der Waals surface area contributed by atoms with Crippen molar-refractivity contribution in [3.05, 3.63) is 58.3 Å². The Morgan fingerprint density at radius 1 is 1.13 bits per heavy atom. The van der Waals surface area contributed by atoms with Gasteiger partial charge in [-0.25, -0.2) is 9.29 Å². The quantitative estimate of drug-likeness (QED) is 0.622. The SMILES string of the molecule is O=C1[C@H]2[C@H]3CCC[NH+]3[C@@]3(C(=O)Nc4ccc(F)cc43)[C@H]2C(=O)N1c1ccccc1Br. The number of carbonyl (C=O) groups is 3. The highest BCUT2D eigenvalue weighted by Crippen LogP contribution is 2.52. The van der Waals surface area contributed by atoms with Crippen LogP contribution in [-0.2, 0) is 19.9 Å². The van der Waals surface area contributed by atoms with Gasteiger partial charge in [-0.2, -0.15) is 0 Å². The van der Waals surface area contributed by atoms with Crippen LogP contribution in [0.3, 0.4) is 0 Å². The van der Waals surface area contributed by atoms with Crippen molar-refractivity contribution in [2.45, 2.75) is 24.4 Å². The van der Waals surface area contributed by atoms with Crippen molar-refractivity contribution in [1.29, 1.82) is 0 Å². The molecule has 5 atom stereocenters. The molecule has 4 aliphatic rings. The summed E-state index contributed by atoms with van der Waals surface area (Å²) in [6, 6.07) is 11.1. The second-order valence-corrected chi connectivity index (χ2v) is 9.30. The lowest BCUT2D eigenvalue weighted by Gasteiger charge is -2.33. The number of imide groups is 1. The molecule has 4 heterocycles. The minimum Gasteiger partial charge on any atom is -0.320 e. The van der Waals surface area contributed by atoms with E-state index >= 15 is 0 Å². The fourth-order valence-electron chi connectivity index (χ4n) is 6.30. The lowest BCUT2D eigenvalue weighted by atomic mass is 9.75. The van der Waals surface area contributed by atoms with E-state index in [-0.39, 0.29) is 23.8 Å². The molecule has 3 amide bonds. The van der Waals surface area contributed by atoms with Crippen LogP contribution in [0.15, 0.2) is 46.9 Å². The Morgan fingerprint density at radius 2 is 1.93 bits per heavy atom. The molecule has 0 saturated carbocycles. The van der Waals surface area contributed by atoms with Gasteiger partial charge in [-0.3, -0.25) is 14.4 Å². The van der Waals surface area contributed by atoms with Crippen LogP contribution < -0.4 is 15.1 Å². The molecule has 0 bridgehead atoms. The van der Waals surface area contributed by atoms with E-state index < -0.39 is 23.2 Å². The first kappa shape index (κ1) is 18.2. The third kappa shape index (κ3) is 1.98. The highest BCUT2D eigenvalue weighted by molar-refractivity contribution is 9.10. The number of anilines is 2. The Labute approximate surface area is 180 Å². The zero-order valence-electron chi connectivity index (χ0n) is 15.8. The van der Waals surface area contributed by atoms with Crippen LogP contribution in [0.1, 0.15) is 18.4 Å². The molecule has 4 aliphatic heterocycles. The van der Waals surface area contributed by atoms with Crippen LogP contribution in [-0.4, -0.2) is 30.3 Å². The number of carbonyl (C=O) groups excluding carboxylic acids is 3. The van der Waals surface area contributed by atoms with Crippen molar-refractivity contribution in [3.8, 4) is 0 Å². The molecule has 6 nitrogen and oxygen atoms in total. The minimum atomic E-state index is -1.27. The summed E-state index contributed by atoms with van der Waals surface area (Å²) in [5, 5.41) is 2.87. The number of nitrogens with one attached hydrogen (secondary N) is 2. The number of fused-ring (bicyclic) bond motifs is 7. The second-order valence-electron chi connectivity index (χ2n) is 8.44. The largest absolute Gasteiger partial charge is 0.320 e. The zero-order chi connectivity index (χ0) is 20.8. The van der Waals surface area contributed by atoms with Gasteiger partial charge in [0.25, 0.3) is 5.91 Å². The number of para-hydroxylation sites is 1. The lowest BCUT2D eigenvalue weighted by Crippen LogP contribution is -3.19. The van der Waals surface area contributed by atoms with Crippen molar-refractivity contribution >= 4 is 45.0 Å². The summed E-state index contributed by atoms with van der Waals surface area (Å²) in [7, 11) is 0. The number of hydrogen-bond donors (Lipinski definition) is 2. The van der Waals surface area contributed by atoms with Crippen LogP contribution in [0.25, 0.3) is 0 Å². The Balaban J connectivity index is 1.58. The molecule has 1 unspecified atom stereocenters. The second kappa shape index (κ2) is 5.98. The molecule has 3 saturated heterocycles. The maximum atomic E-state index is 14.3. The molecule has 1 spiro atoms. The summed E-state index contributed by atoms with van der Waals surface area (Å²) in [6.45, 7) is 0.677. The number of nitrogens with zero attached hydrogens (tertiary/aromatic N) is 1. The van der Waals surface area contributed by atoms with E-state index in [1.165, 1.54) is 17.0 Å². The Hall–Kier alpha value is -2.58. The van der Waals surface area contributed by atoms with Crippen LogP contribution in [0.5, 0.6) is 0 Å². The lowest BCUT2D eigenvalue weighted by molar-refractivity contribution is -0.948. The maximum Gasteiger partial charge on any atom is 0.291 e. The number of amides is 3. The van der Waals surface area contributed by atoms with Gasteiger partial charge in [0, 0.05) is 22.9 Å². The van der Waals surface area contributed by atoms with Crippen molar-refractivity contribution < 1.29 is 23.7 Å². The van der Waals surface area contributed by atoms with Crippen molar-refractivity contribution in [1.82, 2.24) is 0 Å². The molecule has 8 heteroatoms. The average Bonchev–Trinajstić information content (AvgIpc) is 3.42. The summed E-state index contributed by atoms with van der Waals surface area (Å²) >= 11 is 3.44. The minimum absolute atomic E-state index is 0.140. The number of halogens is 2. The van der Waals surface area contributed by atoms with Gasteiger partial charge in [0.05, 0.1) is 17.9 Å². The third-order valence-corrected chi connectivity index (χ3v) is 7.94. The summed E-state index contributed by atoms with van der Waals surface area (Å²) < 4.78 is 14.9. The standard InChI is InChI=1S/C22H17BrFN3O3/c23-13-4-1-2-5-15(13)27-19(28)17-16-6-3-9-26(16)22(18(17)20(27)29)12-10-11(24)7-8-14(12)25-21(22)30/h1-2,4-5,7-8,10,16-18H,3,6,9H2,(H,25,30)/p+1/t16-,17+,18-,22-/m1/s1. The average molecular weight is 471 g/mol. The normalized spacial score (nSPS) is 33.8. The third-order valence-electron chi connectivity index (χ3n) is 7.27. The highest BCUT2D eigenvalue weighted by atomic mass is 79.9. The molecule has 2 aromatic carbocycles. The van der Waals surface area contributed by atoms with E-state index in [0.29, 0.717) is 28.0 Å². The molecule has 3 fully saturated rings. The monoisotopic (exact) mass is 470 g/mol. The summed E-state index contributed by atoms with van der Waals surface area (Å²) in [4.78, 5) is 43.0. The molecule has 152 valence electrons. The van der Waals surface area contributed by atoms with Gasteiger partial charge in [-0.05, 0) is 46.3 Å². The van der Waals surface area contributed by atoms with E-state index in [9.17, 15) is 18.8 Å². The summed E-state index contributed by atoms with van der Waals surface area (Å²) in [5.74, 6) is -2.86. The van der Waals surface area contributed by atoms with Gasteiger partial charge in [0.2, 0.25) is 17.4 Å². The smallest absolute Gasteiger partial charge is 0.291 e. The molecular formula is C22H18BrFN3O3+. The van der Waals surface area contributed by atoms with Gasteiger partial charge >= 0.3 is 0 Å². The van der Waals surface area contributed by atoms with Crippen LogP contribution in [0, 0.1) is 17.7 Å². The maximum absolute atomic E-state index is 14.3. The Kier molecular flexibility index (Phi) is 3.63. The van der Waals surface area contributed by atoms with Crippen LogP contribution >= 0.6 is 15.9 Å². The van der Waals surface area contributed by atoms with Crippen molar-refractivity contribution in [2.75, 3.05) is 16.8 Å². The molecular weight excluding hydrogens is 453 g/mol. The first-order valence-electron chi connectivity index (χ1n) is 10.1. The Bertz CT molecular complexity index is 1150. The van der Waals surface area contributed by atoms with E-state index in [1.54, 1.807) is 24.3 Å². The van der Waals surface area contributed by atoms with Gasteiger partial charge < -0.3 is 10.2 Å². The number of hydrogen-bond acceptors (Lipinski definition) is 3. The van der Waals surface area contributed by atoms with Crippen LogP contribution in [0.2, 0.25) is 0 Å². The predicted octanol–water partition coefficient (Wildman–Crippen LogP) is 1.60. The number of quaternary nitrogens is 1. The molecule has 30 heavy (non-hydrogen) atoms. The topological polar surface area (TPSA) is 70.9 Å².